The molecule has 0 fully saturated rings. The van der Waals surface area contributed by atoms with E-state index in [1.807, 2.05) is 13.0 Å². The summed E-state index contributed by atoms with van der Waals surface area (Å²) >= 11 is 0. The lowest BCUT2D eigenvalue weighted by Gasteiger charge is -2.09. The van der Waals surface area contributed by atoms with Gasteiger partial charge in [-0.1, -0.05) is 22.9 Å². The van der Waals surface area contributed by atoms with Crippen molar-refractivity contribution >= 4 is 10.0 Å². The maximum absolute atomic E-state index is 12.9. The molecule has 0 aliphatic heterocycles. The zero-order chi connectivity index (χ0) is 18.4. The summed E-state index contributed by atoms with van der Waals surface area (Å²) in [6, 6.07) is 4.78. The van der Waals surface area contributed by atoms with E-state index in [0.29, 0.717) is 9.72 Å². The fourth-order valence-corrected chi connectivity index (χ4v) is 3.94. The van der Waals surface area contributed by atoms with E-state index in [1.54, 1.807) is 19.1 Å². The van der Waals surface area contributed by atoms with Gasteiger partial charge in [0.15, 0.2) is 10.7 Å². The molecule has 0 aliphatic rings. The topological polar surface area (TPSA) is 117 Å². The molecule has 0 aliphatic carbocycles. The van der Waals surface area contributed by atoms with E-state index in [-0.39, 0.29) is 16.3 Å². The van der Waals surface area contributed by atoms with Crippen LogP contribution in [0.3, 0.4) is 0 Å². The molecular weight excluding hydrogens is 350 g/mol. The highest BCUT2D eigenvalue weighted by Crippen LogP contribution is 2.28. The highest BCUT2D eigenvalue weighted by molar-refractivity contribution is 7.90. The molecule has 3 rings (SSSR count). The summed E-state index contributed by atoms with van der Waals surface area (Å²) in [6.07, 6.45) is 0. The fourth-order valence-electron chi connectivity index (χ4n) is 2.44. The van der Waals surface area contributed by atoms with Crippen molar-refractivity contribution in [3.05, 3.63) is 51.3 Å². The van der Waals surface area contributed by atoms with Gasteiger partial charge in [-0.15, -0.1) is 3.97 Å². The van der Waals surface area contributed by atoms with Gasteiger partial charge >= 0.3 is 11.8 Å². The predicted molar refractivity (Wildman–Crippen MR) is 85.3 cm³/mol. The zero-order valence-electron chi connectivity index (χ0n) is 13.9. The number of aryl methyl sites for hydroxylation is 4. The van der Waals surface area contributed by atoms with Crippen molar-refractivity contribution in [2.45, 2.75) is 32.6 Å². The molecule has 0 saturated carbocycles. The summed E-state index contributed by atoms with van der Waals surface area (Å²) in [4.78, 5) is 11.7. The first-order valence-electron chi connectivity index (χ1n) is 7.24. The zero-order valence-corrected chi connectivity index (χ0v) is 14.7. The summed E-state index contributed by atoms with van der Waals surface area (Å²) in [7, 11) is -4.35. The van der Waals surface area contributed by atoms with Crippen LogP contribution in [0.1, 0.15) is 22.6 Å². The first-order valence-corrected chi connectivity index (χ1v) is 8.68. The van der Waals surface area contributed by atoms with Crippen molar-refractivity contribution in [2.24, 2.45) is 0 Å². The van der Waals surface area contributed by atoms with Gasteiger partial charge in [-0.05, 0) is 44.5 Å². The van der Waals surface area contributed by atoms with Gasteiger partial charge in [0.2, 0.25) is 0 Å². The lowest BCUT2D eigenvalue weighted by molar-refractivity contribution is 0.350. The van der Waals surface area contributed by atoms with E-state index in [4.69, 9.17) is 9.26 Å². The Bertz CT molecular complexity index is 1090. The van der Waals surface area contributed by atoms with Crippen molar-refractivity contribution in [2.75, 3.05) is 0 Å². The molecule has 0 radical (unpaired) electrons. The average Bonchev–Trinajstić information content (AvgIpc) is 3.05. The monoisotopic (exact) mass is 365 g/mol. The molecule has 25 heavy (non-hydrogen) atoms. The third-order valence-electron chi connectivity index (χ3n) is 3.54. The van der Waals surface area contributed by atoms with Gasteiger partial charge in [0, 0.05) is 0 Å². The molecule has 0 amide bonds. The van der Waals surface area contributed by atoms with Gasteiger partial charge in [-0.2, -0.15) is 0 Å². The third kappa shape index (κ3) is 2.84. The largest absolute Gasteiger partial charge is 0.458 e. The smallest absolute Gasteiger partial charge is 0.422 e. The lowest BCUT2D eigenvalue weighted by atomic mass is 10.1. The molecule has 2 heterocycles. The molecule has 2 aromatic heterocycles. The van der Waals surface area contributed by atoms with Crippen LogP contribution in [0.25, 0.3) is 0 Å². The first-order chi connectivity index (χ1) is 11.7. The Labute approximate surface area is 142 Å². The first kappa shape index (κ1) is 17.0. The van der Waals surface area contributed by atoms with E-state index >= 15 is 0 Å². The van der Waals surface area contributed by atoms with Gasteiger partial charge < -0.3 is 9.26 Å². The maximum atomic E-state index is 12.9. The molecular formula is C15H15N3O6S. The Morgan fingerprint density at radius 2 is 1.80 bits per heavy atom. The van der Waals surface area contributed by atoms with Gasteiger partial charge in [-0.25, -0.2) is 13.2 Å². The van der Waals surface area contributed by atoms with Crippen LogP contribution in [0.5, 0.6) is 11.8 Å². The normalized spacial score (nSPS) is 11.7. The number of benzene rings is 1. The number of rotatable bonds is 4. The van der Waals surface area contributed by atoms with Gasteiger partial charge in [0.25, 0.3) is 10.0 Å². The molecule has 9 nitrogen and oxygen atoms in total. The van der Waals surface area contributed by atoms with Crippen LogP contribution in [-0.4, -0.2) is 22.7 Å². The summed E-state index contributed by atoms with van der Waals surface area (Å²) in [5, 5.41) is 7.03. The Balaban J connectivity index is 2.13. The van der Waals surface area contributed by atoms with Crippen LogP contribution in [-0.2, 0) is 10.0 Å². The minimum Gasteiger partial charge on any atom is -0.422 e. The van der Waals surface area contributed by atoms with E-state index in [2.05, 4.69) is 14.8 Å². The standard InChI is InChI=1S/C15H15N3O6S/c1-8-5-6-12(9(2)7-8)22-14-17-24-15(19)18(14)25(20,21)13-10(3)16-23-11(13)4/h5-7H,1-4H3. The molecule has 0 atom stereocenters. The molecule has 3 aromatic rings. The van der Waals surface area contributed by atoms with Crippen molar-refractivity contribution < 1.29 is 22.2 Å². The highest BCUT2D eigenvalue weighted by atomic mass is 32.2. The fraction of sp³-hybridized carbons (Fsp3) is 0.267. The van der Waals surface area contributed by atoms with Crippen LogP contribution < -0.4 is 10.5 Å². The van der Waals surface area contributed by atoms with Crippen molar-refractivity contribution in [3.8, 4) is 11.8 Å². The van der Waals surface area contributed by atoms with Crippen molar-refractivity contribution in [3.63, 3.8) is 0 Å². The molecule has 132 valence electrons. The molecule has 0 unspecified atom stereocenters. The number of ether oxygens (including phenoxy) is 1. The van der Waals surface area contributed by atoms with E-state index in [9.17, 15) is 13.2 Å². The number of aromatic nitrogens is 3. The van der Waals surface area contributed by atoms with Crippen LogP contribution in [0.15, 0.2) is 36.9 Å². The Hall–Kier alpha value is -2.88. The van der Waals surface area contributed by atoms with Crippen LogP contribution in [0, 0.1) is 27.7 Å². The summed E-state index contributed by atoms with van der Waals surface area (Å²) in [5.41, 5.74) is 1.87. The summed E-state index contributed by atoms with van der Waals surface area (Å²) in [6.45, 7) is 6.57. The Morgan fingerprint density at radius 3 is 2.40 bits per heavy atom. The van der Waals surface area contributed by atoms with E-state index in [1.165, 1.54) is 13.8 Å². The molecule has 10 heteroatoms. The Morgan fingerprint density at radius 1 is 1.08 bits per heavy atom. The molecule has 0 bridgehead atoms. The van der Waals surface area contributed by atoms with Crippen LogP contribution >= 0.6 is 0 Å². The molecule has 1 aromatic carbocycles. The second-order valence-electron chi connectivity index (χ2n) is 5.52. The Kier molecular flexibility index (Phi) is 3.99. The maximum Gasteiger partial charge on any atom is 0.458 e. The van der Waals surface area contributed by atoms with Crippen LogP contribution in [0.4, 0.5) is 0 Å². The predicted octanol–water partition coefficient (Wildman–Crippen LogP) is 2.09. The second-order valence-corrected chi connectivity index (χ2v) is 7.25. The average molecular weight is 365 g/mol. The minimum atomic E-state index is -4.35. The molecule has 0 spiro atoms. The van der Waals surface area contributed by atoms with Gasteiger partial charge in [0.05, 0.1) is 0 Å². The minimum absolute atomic E-state index is 0.0445. The number of hydrogen-bond donors (Lipinski definition) is 0. The van der Waals surface area contributed by atoms with Crippen LogP contribution in [0.2, 0.25) is 0 Å². The SMILES string of the molecule is Cc1ccc(Oc2noc(=O)n2S(=O)(=O)c2c(C)noc2C)c(C)c1. The van der Waals surface area contributed by atoms with Crippen molar-refractivity contribution in [1.82, 2.24) is 14.3 Å². The molecule has 0 N–H and O–H groups in total. The summed E-state index contributed by atoms with van der Waals surface area (Å²) < 4.78 is 40.9. The number of hydrogen-bond acceptors (Lipinski definition) is 8. The lowest BCUT2D eigenvalue weighted by Crippen LogP contribution is -2.25. The van der Waals surface area contributed by atoms with Gasteiger partial charge in [0.1, 0.15) is 11.4 Å². The highest BCUT2D eigenvalue weighted by Gasteiger charge is 2.33. The molecule has 0 saturated heterocycles. The summed E-state index contributed by atoms with van der Waals surface area (Å²) in [5.74, 6) is -0.801. The quantitative estimate of drug-likeness (QED) is 0.690. The van der Waals surface area contributed by atoms with Crippen molar-refractivity contribution in [1.29, 1.82) is 0 Å². The van der Waals surface area contributed by atoms with Gasteiger partial charge in [-0.3, -0.25) is 4.52 Å². The van der Waals surface area contributed by atoms with E-state index < -0.39 is 21.8 Å². The van der Waals surface area contributed by atoms with E-state index in [0.717, 1.165) is 11.1 Å². The third-order valence-corrected chi connectivity index (χ3v) is 5.42. The number of nitrogens with zero attached hydrogens (tertiary/aromatic N) is 3. The second kappa shape index (κ2) is 5.88.